The number of ether oxygens (including phenoxy) is 1. The molecule has 144 valence electrons. The van der Waals surface area contributed by atoms with Gasteiger partial charge in [-0.25, -0.2) is 0 Å². The Hall–Kier alpha value is -2.40. The summed E-state index contributed by atoms with van der Waals surface area (Å²) in [5.41, 5.74) is 2.32. The number of rotatable bonds is 8. The lowest BCUT2D eigenvalue weighted by Crippen LogP contribution is -2.40. The Morgan fingerprint density at radius 2 is 2.07 bits per heavy atom. The van der Waals surface area contributed by atoms with Gasteiger partial charge in [0.2, 0.25) is 0 Å². The predicted octanol–water partition coefficient (Wildman–Crippen LogP) is 3.13. The molecule has 0 spiro atoms. The lowest BCUT2D eigenvalue weighted by molar-refractivity contribution is 0.0907. The van der Waals surface area contributed by atoms with E-state index in [1.54, 1.807) is 0 Å². The Morgan fingerprint density at radius 1 is 1.22 bits per heavy atom. The van der Waals surface area contributed by atoms with Crippen LogP contribution in [0.4, 0.5) is 0 Å². The second-order valence-electron chi connectivity index (χ2n) is 6.91. The molecule has 27 heavy (non-hydrogen) atoms. The van der Waals surface area contributed by atoms with E-state index in [0.717, 1.165) is 57.3 Å². The molecule has 0 aliphatic carbocycles. The van der Waals surface area contributed by atoms with Gasteiger partial charge in [-0.2, -0.15) is 0 Å². The molecule has 3 rings (SSSR count). The van der Waals surface area contributed by atoms with Gasteiger partial charge in [-0.3, -0.25) is 9.98 Å². The number of benzene rings is 1. The van der Waals surface area contributed by atoms with E-state index in [2.05, 4.69) is 52.5 Å². The van der Waals surface area contributed by atoms with E-state index >= 15 is 0 Å². The fraction of sp³-hybridized carbons (Fsp3) is 0.455. The molecule has 5 nitrogen and oxygen atoms in total. The fourth-order valence-corrected chi connectivity index (χ4v) is 3.33. The van der Waals surface area contributed by atoms with Crippen LogP contribution in [0.15, 0.2) is 59.7 Å². The van der Waals surface area contributed by atoms with Crippen molar-refractivity contribution in [1.82, 2.24) is 15.2 Å². The van der Waals surface area contributed by atoms with Crippen molar-refractivity contribution in [3.63, 3.8) is 0 Å². The zero-order valence-corrected chi connectivity index (χ0v) is 16.2. The molecule has 0 saturated carbocycles. The van der Waals surface area contributed by atoms with Gasteiger partial charge in [-0.1, -0.05) is 36.4 Å². The average Bonchev–Trinajstić information content (AvgIpc) is 3.18. The Labute approximate surface area is 162 Å². The summed E-state index contributed by atoms with van der Waals surface area (Å²) in [7, 11) is 0. The van der Waals surface area contributed by atoms with Gasteiger partial charge in [0.05, 0.1) is 13.2 Å². The summed E-state index contributed by atoms with van der Waals surface area (Å²) in [6.45, 7) is 7.29. The molecule has 2 aromatic rings. The quantitative estimate of drug-likeness (QED) is 0.576. The van der Waals surface area contributed by atoms with Crippen molar-refractivity contribution in [2.24, 2.45) is 10.9 Å². The number of hydrogen-bond donors (Lipinski definition) is 1. The molecule has 1 fully saturated rings. The minimum Gasteiger partial charge on any atom is -0.376 e. The molecule has 1 aliphatic heterocycles. The van der Waals surface area contributed by atoms with E-state index in [1.807, 2.05) is 24.4 Å². The Kier molecular flexibility index (Phi) is 7.66. The third-order valence-corrected chi connectivity index (χ3v) is 4.74. The van der Waals surface area contributed by atoms with Crippen molar-refractivity contribution in [1.29, 1.82) is 0 Å². The van der Waals surface area contributed by atoms with Crippen molar-refractivity contribution >= 4 is 5.96 Å². The first kappa shape index (κ1) is 19.4. The van der Waals surface area contributed by atoms with Crippen LogP contribution in [0.1, 0.15) is 24.6 Å². The highest BCUT2D eigenvalue weighted by atomic mass is 16.5. The molecule has 1 unspecified atom stereocenters. The maximum absolute atomic E-state index is 5.94. The average molecular weight is 367 g/mol. The first-order valence-electron chi connectivity index (χ1n) is 9.90. The summed E-state index contributed by atoms with van der Waals surface area (Å²) in [4.78, 5) is 11.5. The molecular weight excluding hydrogens is 336 g/mol. The molecular formula is C22H30N4O. The van der Waals surface area contributed by atoms with Crippen LogP contribution < -0.4 is 5.32 Å². The Bertz CT molecular complexity index is 690. The van der Waals surface area contributed by atoms with E-state index in [4.69, 9.17) is 9.73 Å². The predicted molar refractivity (Wildman–Crippen MR) is 110 cm³/mol. The van der Waals surface area contributed by atoms with Crippen molar-refractivity contribution in [3.8, 4) is 0 Å². The van der Waals surface area contributed by atoms with Gasteiger partial charge >= 0.3 is 0 Å². The molecule has 0 bridgehead atoms. The lowest BCUT2D eigenvalue weighted by atomic mass is 10.1. The summed E-state index contributed by atoms with van der Waals surface area (Å²) >= 11 is 0. The van der Waals surface area contributed by atoms with Gasteiger partial charge in [-0.15, -0.1) is 0 Å². The smallest absolute Gasteiger partial charge is 0.193 e. The topological polar surface area (TPSA) is 49.8 Å². The second-order valence-corrected chi connectivity index (χ2v) is 6.91. The third-order valence-electron chi connectivity index (χ3n) is 4.74. The fourth-order valence-electron chi connectivity index (χ4n) is 3.33. The minimum absolute atomic E-state index is 0.563. The van der Waals surface area contributed by atoms with E-state index in [0.29, 0.717) is 12.5 Å². The number of pyridine rings is 1. The number of guanidine groups is 1. The van der Waals surface area contributed by atoms with Gasteiger partial charge in [-0.05, 0) is 31.0 Å². The van der Waals surface area contributed by atoms with Gasteiger partial charge in [0, 0.05) is 50.4 Å². The minimum atomic E-state index is 0.563. The van der Waals surface area contributed by atoms with Crippen LogP contribution in [0.5, 0.6) is 0 Å². The SMILES string of the molecule is CCNC(=NCCc1ccccn1)N1CCC(COCc2ccccc2)C1. The molecule has 1 aliphatic rings. The van der Waals surface area contributed by atoms with Crippen molar-refractivity contribution in [2.75, 3.05) is 32.8 Å². The van der Waals surface area contributed by atoms with Gasteiger partial charge in [0.1, 0.15) is 0 Å². The second kappa shape index (κ2) is 10.7. The molecule has 1 N–H and O–H groups in total. The van der Waals surface area contributed by atoms with Crippen molar-refractivity contribution in [3.05, 3.63) is 66.0 Å². The zero-order valence-electron chi connectivity index (χ0n) is 16.2. The molecule has 5 heteroatoms. The summed E-state index contributed by atoms with van der Waals surface area (Å²) in [6, 6.07) is 16.4. The number of likely N-dealkylation sites (tertiary alicyclic amines) is 1. The van der Waals surface area contributed by atoms with Crippen molar-refractivity contribution < 1.29 is 4.74 Å². The van der Waals surface area contributed by atoms with E-state index in [-0.39, 0.29) is 0 Å². The highest BCUT2D eigenvalue weighted by Crippen LogP contribution is 2.17. The summed E-state index contributed by atoms with van der Waals surface area (Å²) in [5.74, 6) is 1.58. The molecule has 1 saturated heterocycles. The number of nitrogens with zero attached hydrogens (tertiary/aromatic N) is 3. The van der Waals surface area contributed by atoms with E-state index in [9.17, 15) is 0 Å². The summed E-state index contributed by atoms with van der Waals surface area (Å²) < 4.78 is 5.94. The molecule has 0 radical (unpaired) electrons. The summed E-state index contributed by atoms with van der Waals surface area (Å²) in [5, 5.41) is 3.43. The number of nitrogens with one attached hydrogen (secondary N) is 1. The standard InChI is InChI=1S/C22H30N4O/c1-2-23-22(25-14-11-21-10-6-7-13-24-21)26-15-12-20(16-26)18-27-17-19-8-4-3-5-9-19/h3-10,13,20H,2,11-12,14-18H2,1H3,(H,23,25). The molecule has 1 atom stereocenters. The van der Waals surface area contributed by atoms with Gasteiger partial charge in [0.15, 0.2) is 5.96 Å². The van der Waals surface area contributed by atoms with Crippen LogP contribution in [-0.2, 0) is 17.8 Å². The number of aromatic nitrogens is 1. The van der Waals surface area contributed by atoms with Crippen LogP contribution in [0.2, 0.25) is 0 Å². The van der Waals surface area contributed by atoms with Crippen LogP contribution in [0.3, 0.4) is 0 Å². The van der Waals surface area contributed by atoms with E-state index < -0.39 is 0 Å². The van der Waals surface area contributed by atoms with Gasteiger partial charge < -0.3 is 15.0 Å². The summed E-state index contributed by atoms with van der Waals surface area (Å²) in [6.07, 6.45) is 3.86. The molecule has 1 aromatic carbocycles. The molecule has 2 heterocycles. The Morgan fingerprint density at radius 3 is 2.85 bits per heavy atom. The van der Waals surface area contributed by atoms with Gasteiger partial charge in [0.25, 0.3) is 0 Å². The zero-order chi connectivity index (χ0) is 18.7. The van der Waals surface area contributed by atoms with Crippen LogP contribution in [-0.4, -0.2) is 48.6 Å². The number of aliphatic imine (C=N–C) groups is 1. The largest absolute Gasteiger partial charge is 0.376 e. The van der Waals surface area contributed by atoms with Crippen LogP contribution in [0.25, 0.3) is 0 Å². The first-order chi connectivity index (χ1) is 13.3. The molecule has 0 amide bonds. The maximum Gasteiger partial charge on any atom is 0.193 e. The Balaban J connectivity index is 1.44. The normalized spacial score (nSPS) is 17.3. The monoisotopic (exact) mass is 366 g/mol. The van der Waals surface area contributed by atoms with Crippen molar-refractivity contribution in [2.45, 2.75) is 26.4 Å². The van der Waals surface area contributed by atoms with Crippen LogP contribution >= 0.6 is 0 Å². The van der Waals surface area contributed by atoms with Crippen LogP contribution in [0, 0.1) is 5.92 Å². The van der Waals surface area contributed by atoms with E-state index in [1.165, 1.54) is 5.56 Å². The molecule has 1 aromatic heterocycles. The highest BCUT2D eigenvalue weighted by Gasteiger charge is 2.24. The highest BCUT2D eigenvalue weighted by molar-refractivity contribution is 5.80. The maximum atomic E-state index is 5.94. The lowest BCUT2D eigenvalue weighted by Gasteiger charge is -2.21. The third kappa shape index (κ3) is 6.36. The number of hydrogen-bond acceptors (Lipinski definition) is 3. The first-order valence-corrected chi connectivity index (χ1v) is 9.90.